The smallest absolute Gasteiger partial charge is 0.140 e. The predicted octanol–water partition coefficient (Wildman–Crippen LogP) is 2.97. The molecule has 0 bridgehead atoms. The molecule has 0 saturated heterocycles. The van der Waals surface area contributed by atoms with E-state index in [9.17, 15) is 5.11 Å². The first kappa shape index (κ1) is 10.7. The summed E-state index contributed by atoms with van der Waals surface area (Å²) < 4.78 is 2.13. The minimum absolute atomic E-state index is 0.279. The number of aryl methyl sites for hydroxylation is 2. The van der Waals surface area contributed by atoms with Crippen molar-refractivity contribution < 1.29 is 5.11 Å². The number of benzene rings is 1. The summed E-state index contributed by atoms with van der Waals surface area (Å²) >= 11 is 0. The Hall–Kier alpha value is -1.77. The van der Waals surface area contributed by atoms with Gasteiger partial charge in [-0.15, -0.1) is 0 Å². The quantitative estimate of drug-likeness (QED) is 0.856. The first-order valence-corrected chi connectivity index (χ1v) is 5.54. The van der Waals surface area contributed by atoms with Crippen LogP contribution in [0, 0.1) is 6.92 Å². The van der Waals surface area contributed by atoms with Crippen molar-refractivity contribution in [3.05, 3.63) is 36.2 Å². The minimum Gasteiger partial charge on any atom is -0.508 e. The third-order valence-electron chi connectivity index (χ3n) is 2.47. The fourth-order valence-electron chi connectivity index (χ4n) is 1.83. The highest BCUT2D eigenvalue weighted by atomic mass is 16.3. The standard InChI is InChI=1S/C13H16N2O/c1-3-7-15-9-10(2)14-13(15)11-5-4-6-12(16)8-11/h4-6,8-9,16H,3,7H2,1-2H3. The van der Waals surface area contributed by atoms with Gasteiger partial charge in [0.05, 0.1) is 5.69 Å². The molecular weight excluding hydrogens is 200 g/mol. The van der Waals surface area contributed by atoms with Crippen molar-refractivity contribution in [1.82, 2.24) is 9.55 Å². The number of hydrogen-bond donors (Lipinski definition) is 1. The Kier molecular flexibility index (Phi) is 2.95. The van der Waals surface area contributed by atoms with Crippen molar-refractivity contribution in [2.75, 3.05) is 0 Å². The maximum absolute atomic E-state index is 9.46. The average molecular weight is 216 g/mol. The number of aromatic nitrogens is 2. The third kappa shape index (κ3) is 2.08. The lowest BCUT2D eigenvalue weighted by Gasteiger charge is -2.06. The number of phenolic OH excluding ortho intramolecular Hbond substituents is 1. The predicted molar refractivity (Wildman–Crippen MR) is 64.4 cm³/mol. The molecule has 0 fully saturated rings. The summed E-state index contributed by atoms with van der Waals surface area (Å²) in [5, 5.41) is 9.46. The highest BCUT2D eigenvalue weighted by Crippen LogP contribution is 2.22. The fourth-order valence-corrected chi connectivity index (χ4v) is 1.83. The summed E-state index contributed by atoms with van der Waals surface area (Å²) in [5.41, 5.74) is 1.97. The molecule has 0 aliphatic carbocycles. The molecule has 0 saturated carbocycles. The van der Waals surface area contributed by atoms with Crippen LogP contribution in [0.2, 0.25) is 0 Å². The molecule has 0 spiro atoms. The molecule has 1 aromatic carbocycles. The molecule has 2 rings (SSSR count). The second-order valence-corrected chi connectivity index (χ2v) is 3.95. The van der Waals surface area contributed by atoms with Gasteiger partial charge in [0.15, 0.2) is 0 Å². The van der Waals surface area contributed by atoms with E-state index in [0.717, 1.165) is 30.0 Å². The van der Waals surface area contributed by atoms with Crippen LogP contribution in [0.5, 0.6) is 5.75 Å². The Morgan fingerprint density at radius 2 is 2.19 bits per heavy atom. The lowest BCUT2D eigenvalue weighted by molar-refractivity contribution is 0.475. The summed E-state index contributed by atoms with van der Waals surface area (Å²) in [5.74, 6) is 1.21. The first-order chi connectivity index (χ1) is 7.70. The van der Waals surface area contributed by atoms with E-state index in [4.69, 9.17) is 0 Å². The van der Waals surface area contributed by atoms with E-state index in [-0.39, 0.29) is 5.75 Å². The lowest BCUT2D eigenvalue weighted by atomic mass is 10.2. The number of hydrogen-bond acceptors (Lipinski definition) is 2. The van der Waals surface area contributed by atoms with Crippen LogP contribution < -0.4 is 0 Å². The van der Waals surface area contributed by atoms with Gasteiger partial charge in [-0.1, -0.05) is 19.1 Å². The second-order valence-electron chi connectivity index (χ2n) is 3.95. The topological polar surface area (TPSA) is 38.0 Å². The number of imidazole rings is 1. The summed E-state index contributed by atoms with van der Waals surface area (Å²) in [7, 11) is 0. The largest absolute Gasteiger partial charge is 0.508 e. The molecule has 2 aromatic rings. The number of aromatic hydroxyl groups is 1. The van der Waals surface area contributed by atoms with E-state index in [1.54, 1.807) is 12.1 Å². The molecule has 0 radical (unpaired) electrons. The van der Waals surface area contributed by atoms with E-state index in [2.05, 4.69) is 16.5 Å². The number of nitrogens with zero attached hydrogens (tertiary/aromatic N) is 2. The van der Waals surface area contributed by atoms with Crippen LogP contribution >= 0.6 is 0 Å². The van der Waals surface area contributed by atoms with Gasteiger partial charge in [0.2, 0.25) is 0 Å². The van der Waals surface area contributed by atoms with Gasteiger partial charge in [0, 0.05) is 18.3 Å². The Morgan fingerprint density at radius 3 is 2.88 bits per heavy atom. The first-order valence-electron chi connectivity index (χ1n) is 5.54. The Balaban J connectivity index is 2.46. The zero-order valence-electron chi connectivity index (χ0n) is 9.64. The number of phenols is 1. The monoisotopic (exact) mass is 216 g/mol. The highest BCUT2D eigenvalue weighted by Gasteiger charge is 2.07. The van der Waals surface area contributed by atoms with Gasteiger partial charge in [0.1, 0.15) is 11.6 Å². The van der Waals surface area contributed by atoms with Gasteiger partial charge in [-0.2, -0.15) is 0 Å². The van der Waals surface area contributed by atoms with E-state index in [1.165, 1.54) is 0 Å². The maximum Gasteiger partial charge on any atom is 0.140 e. The number of rotatable bonds is 3. The van der Waals surface area contributed by atoms with Crippen molar-refractivity contribution >= 4 is 0 Å². The molecule has 0 aliphatic heterocycles. The Labute approximate surface area is 95.4 Å². The molecule has 1 N–H and O–H groups in total. The molecule has 1 aromatic heterocycles. The van der Waals surface area contributed by atoms with E-state index in [1.807, 2.05) is 25.3 Å². The van der Waals surface area contributed by atoms with Gasteiger partial charge in [-0.3, -0.25) is 0 Å². The summed E-state index contributed by atoms with van der Waals surface area (Å²) in [6, 6.07) is 7.22. The molecule has 1 heterocycles. The summed E-state index contributed by atoms with van der Waals surface area (Å²) in [6.45, 7) is 5.08. The van der Waals surface area contributed by atoms with Gasteiger partial charge in [-0.25, -0.2) is 4.98 Å². The molecule has 0 aliphatic rings. The van der Waals surface area contributed by atoms with Crippen molar-refractivity contribution in [3.63, 3.8) is 0 Å². The zero-order valence-corrected chi connectivity index (χ0v) is 9.64. The summed E-state index contributed by atoms with van der Waals surface area (Å²) in [6.07, 6.45) is 3.12. The molecule has 16 heavy (non-hydrogen) atoms. The van der Waals surface area contributed by atoms with Crippen molar-refractivity contribution in [3.8, 4) is 17.1 Å². The van der Waals surface area contributed by atoms with Crippen LogP contribution in [0.1, 0.15) is 19.0 Å². The molecule has 0 atom stereocenters. The van der Waals surface area contributed by atoms with Crippen LogP contribution in [0.4, 0.5) is 0 Å². The average Bonchev–Trinajstić information content (AvgIpc) is 2.60. The normalized spacial score (nSPS) is 10.6. The Bertz CT molecular complexity index is 488. The van der Waals surface area contributed by atoms with Gasteiger partial charge < -0.3 is 9.67 Å². The van der Waals surface area contributed by atoms with E-state index < -0.39 is 0 Å². The van der Waals surface area contributed by atoms with Gasteiger partial charge in [-0.05, 0) is 25.5 Å². The van der Waals surface area contributed by atoms with Crippen molar-refractivity contribution in [2.24, 2.45) is 0 Å². The van der Waals surface area contributed by atoms with Gasteiger partial charge >= 0.3 is 0 Å². The Morgan fingerprint density at radius 1 is 1.38 bits per heavy atom. The van der Waals surface area contributed by atoms with Crippen LogP contribution in [-0.2, 0) is 6.54 Å². The maximum atomic E-state index is 9.46. The van der Waals surface area contributed by atoms with Crippen LogP contribution in [0.3, 0.4) is 0 Å². The van der Waals surface area contributed by atoms with Gasteiger partial charge in [0.25, 0.3) is 0 Å². The summed E-state index contributed by atoms with van der Waals surface area (Å²) in [4.78, 5) is 4.49. The zero-order chi connectivity index (χ0) is 11.5. The molecule has 3 nitrogen and oxygen atoms in total. The fraction of sp³-hybridized carbons (Fsp3) is 0.308. The lowest BCUT2D eigenvalue weighted by Crippen LogP contribution is -1.97. The second kappa shape index (κ2) is 4.39. The third-order valence-corrected chi connectivity index (χ3v) is 2.47. The van der Waals surface area contributed by atoms with Crippen LogP contribution in [0.15, 0.2) is 30.5 Å². The SMILES string of the molecule is CCCn1cc(C)nc1-c1cccc(O)c1. The van der Waals surface area contributed by atoms with Crippen molar-refractivity contribution in [1.29, 1.82) is 0 Å². The van der Waals surface area contributed by atoms with Crippen LogP contribution in [-0.4, -0.2) is 14.7 Å². The molecule has 0 unspecified atom stereocenters. The molecule has 84 valence electrons. The van der Waals surface area contributed by atoms with E-state index in [0.29, 0.717) is 0 Å². The van der Waals surface area contributed by atoms with E-state index >= 15 is 0 Å². The highest BCUT2D eigenvalue weighted by molar-refractivity contribution is 5.58. The molecule has 0 amide bonds. The van der Waals surface area contributed by atoms with Crippen LogP contribution in [0.25, 0.3) is 11.4 Å². The minimum atomic E-state index is 0.279. The van der Waals surface area contributed by atoms with Crippen molar-refractivity contribution in [2.45, 2.75) is 26.8 Å². The molecule has 3 heteroatoms. The molecular formula is C13H16N2O.